The molecule has 1 heterocycles. The Balaban J connectivity index is 2.49. The third kappa shape index (κ3) is 2.19. The van der Waals surface area contributed by atoms with Gasteiger partial charge in [-0.3, -0.25) is 5.84 Å². The predicted molar refractivity (Wildman–Crippen MR) is 59.8 cm³/mol. The third-order valence-electron chi connectivity index (χ3n) is 2.37. The smallest absolute Gasteiger partial charge is 0.194 e. The van der Waals surface area contributed by atoms with Gasteiger partial charge in [0.05, 0.1) is 6.04 Å². The number of halogens is 3. The van der Waals surface area contributed by atoms with Gasteiger partial charge in [-0.05, 0) is 17.5 Å². The molecule has 0 aliphatic carbocycles. The quantitative estimate of drug-likeness (QED) is 0.504. The van der Waals surface area contributed by atoms with E-state index in [4.69, 9.17) is 5.84 Å². The Bertz CT molecular complexity index is 514. The molecule has 17 heavy (non-hydrogen) atoms. The Labute approximate surface area is 99.9 Å². The summed E-state index contributed by atoms with van der Waals surface area (Å²) in [6.07, 6.45) is 0. The molecular formula is C11H9F3N2S. The number of hydrogen-bond donors (Lipinski definition) is 2. The molecule has 0 radical (unpaired) electrons. The topological polar surface area (TPSA) is 38.0 Å². The van der Waals surface area contributed by atoms with Crippen LogP contribution in [0.25, 0.3) is 0 Å². The van der Waals surface area contributed by atoms with Crippen LogP contribution in [0.4, 0.5) is 13.2 Å². The molecule has 1 aromatic carbocycles. The highest BCUT2D eigenvalue weighted by Gasteiger charge is 2.21. The first-order valence-electron chi connectivity index (χ1n) is 4.78. The van der Waals surface area contributed by atoms with Gasteiger partial charge in [0.25, 0.3) is 0 Å². The van der Waals surface area contributed by atoms with E-state index in [1.165, 1.54) is 17.4 Å². The Morgan fingerprint density at radius 1 is 1.12 bits per heavy atom. The van der Waals surface area contributed by atoms with Crippen LogP contribution in [0.2, 0.25) is 0 Å². The van der Waals surface area contributed by atoms with Crippen LogP contribution in [-0.4, -0.2) is 0 Å². The van der Waals surface area contributed by atoms with E-state index in [-0.39, 0.29) is 5.56 Å². The zero-order valence-corrected chi connectivity index (χ0v) is 9.40. The maximum absolute atomic E-state index is 13.6. The van der Waals surface area contributed by atoms with Gasteiger partial charge in [0.15, 0.2) is 17.5 Å². The highest BCUT2D eigenvalue weighted by molar-refractivity contribution is 7.10. The van der Waals surface area contributed by atoms with Crippen LogP contribution in [-0.2, 0) is 0 Å². The van der Waals surface area contributed by atoms with Gasteiger partial charge in [0.1, 0.15) is 0 Å². The van der Waals surface area contributed by atoms with Crippen LogP contribution in [0.3, 0.4) is 0 Å². The van der Waals surface area contributed by atoms with E-state index in [1.807, 2.05) is 0 Å². The van der Waals surface area contributed by atoms with Crippen LogP contribution >= 0.6 is 11.3 Å². The van der Waals surface area contributed by atoms with Crippen molar-refractivity contribution in [2.24, 2.45) is 5.84 Å². The van der Waals surface area contributed by atoms with Crippen LogP contribution in [0, 0.1) is 17.5 Å². The van der Waals surface area contributed by atoms with Crippen molar-refractivity contribution in [2.75, 3.05) is 0 Å². The van der Waals surface area contributed by atoms with Crippen molar-refractivity contribution in [3.05, 3.63) is 57.5 Å². The van der Waals surface area contributed by atoms with Gasteiger partial charge in [0, 0.05) is 10.4 Å². The second-order valence-electron chi connectivity index (χ2n) is 3.38. The molecule has 0 aliphatic rings. The molecular weight excluding hydrogens is 249 g/mol. The number of rotatable bonds is 3. The minimum Gasteiger partial charge on any atom is -0.271 e. The van der Waals surface area contributed by atoms with Crippen molar-refractivity contribution >= 4 is 11.3 Å². The molecule has 6 heteroatoms. The second-order valence-corrected chi connectivity index (χ2v) is 4.36. The summed E-state index contributed by atoms with van der Waals surface area (Å²) in [4.78, 5) is 0.720. The highest BCUT2D eigenvalue weighted by Crippen LogP contribution is 2.28. The van der Waals surface area contributed by atoms with Gasteiger partial charge >= 0.3 is 0 Å². The maximum Gasteiger partial charge on any atom is 0.194 e. The molecule has 0 saturated carbocycles. The average Bonchev–Trinajstić information content (AvgIpc) is 2.84. The largest absolute Gasteiger partial charge is 0.271 e. The average molecular weight is 258 g/mol. The molecule has 0 spiro atoms. The highest BCUT2D eigenvalue weighted by atomic mass is 32.1. The summed E-state index contributed by atoms with van der Waals surface area (Å²) in [7, 11) is 0. The maximum atomic E-state index is 13.6. The lowest BCUT2D eigenvalue weighted by Gasteiger charge is -2.15. The van der Waals surface area contributed by atoms with E-state index in [0.717, 1.165) is 10.9 Å². The van der Waals surface area contributed by atoms with Crippen LogP contribution in [0.1, 0.15) is 16.5 Å². The summed E-state index contributed by atoms with van der Waals surface area (Å²) in [5, 5.41) is 1.79. The van der Waals surface area contributed by atoms with Gasteiger partial charge in [0.2, 0.25) is 0 Å². The lowest BCUT2D eigenvalue weighted by molar-refractivity contribution is 0.434. The molecule has 2 nitrogen and oxygen atoms in total. The van der Waals surface area contributed by atoms with E-state index in [2.05, 4.69) is 5.43 Å². The third-order valence-corrected chi connectivity index (χ3v) is 3.31. The summed E-state index contributed by atoms with van der Waals surface area (Å²) in [6.45, 7) is 0. The second kappa shape index (κ2) is 4.87. The molecule has 1 unspecified atom stereocenters. The lowest BCUT2D eigenvalue weighted by Crippen LogP contribution is -2.29. The van der Waals surface area contributed by atoms with E-state index < -0.39 is 23.5 Å². The molecule has 2 rings (SSSR count). The molecule has 90 valence electrons. The number of hydrazine groups is 1. The van der Waals surface area contributed by atoms with Crippen molar-refractivity contribution < 1.29 is 13.2 Å². The molecule has 1 aromatic heterocycles. The Morgan fingerprint density at radius 3 is 2.47 bits per heavy atom. The SMILES string of the molecule is NNC(c1cccs1)c1ccc(F)c(F)c1F. The molecule has 2 aromatic rings. The number of thiophene rings is 1. The first-order valence-corrected chi connectivity index (χ1v) is 5.66. The zero-order valence-electron chi connectivity index (χ0n) is 8.58. The van der Waals surface area contributed by atoms with E-state index in [0.29, 0.717) is 0 Å². The van der Waals surface area contributed by atoms with Crippen LogP contribution in [0.5, 0.6) is 0 Å². The Hall–Kier alpha value is -1.37. The van der Waals surface area contributed by atoms with Gasteiger partial charge in [-0.25, -0.2) is 18.6 Å². The van der Waals surface area contributed by atoms with Crippen LogP contribution in [0.15, 0.2) is 29.6 Å². The fourth-order valence-corrected chi connectivity index (χ4v) is 2.35. The van der Waals surface area contributed by atoms with Crippen molar-refractivity contribution in [3.8, 4) is 0 Å². The predicted octanol–water partition coefficient (Wildman–Crippen LogP) is 2.72. The molecule has 0 aliphatic heterocycles. The summed E-state index contributed by atoms with van der Waals surface area (Å²) < 4.78 is 39.5. The molecule has 0 fully saturated rings. The van der Waals surface area contributed by atoms with Gasteiger partial charge in [-0.1, -0.05) is 12.1 Å². The van der Waals surface area contributed by atoms with E-state index >= 15 is 0 Å². The van der Waals surface area contributed by atoms with Crippen molar-refractivity contribution in [3.63, 3.8) is 0 Å². The summed E-state index contributed by atoms with van der Waals surface area (Å²) >= 11 is 1.34. The molecule has 0 bridgehead atoms. The monoisotopic (exact) mass is 258 g/mol. The molecule has 0 amide bonds. The lowest BCUT2D eigenvalue weighted by atomic mass is 10.0. The van der Waals surface area contributed by atoms with Gasteiger partial charge in [-0.2, -0.15) is 0 Å². The molecule has 3 N–H and O–H groups in total. The normalized spacial score (nSPS) is 12.7. The van der Waals surface area contributed by atoms with Crippen molar-refractivity contribution in [1.29, 1.82) is 0 Å². The Morgan fingerprint density at radius 2 is 1.88 bits per heavy atom. The van der Waals surface area contributed by atoms with E-state index in [9.17, 15) is 13.2 Å². The number of hydrogen-bond acceptors (Lipinski definition) is 3. The Kier molecular flexibility index (Phi) is 3.46. The number of benzene rings is 1. The standard InChI is InChI=1S/C11H9F3N2S/c12-7-4-3-6(9(13)10(7)14)11(16-15)8-2-1-5-17-8/h1-5,11,16H,15H2. The fraction of sp³-hybridized carbons (Fsp3) is 0.0909. The number of nitrogens with one attached hydrogen (secondary N) is 1. The first kappa shape index (κ1) is 12.1. The van der Waals surface area contributed by atoms with E-state index in [1.54, 1.807) is 17.5 Å². The fourth-order valence-electron chi connectivity index (χ4n) is 1.54. The van der Waals surface area contributed by atoms with Crippen molar-refractivity contribution in [1.82, 2.24) is 5.43 Å². The summed E-state index contributed by atoms with van der Waals surface area (Å²) in [5.74, 6) is 1.40. The summed E-state index contributed by atoms with van der Waals surface area (Å²) in [5.41, 5.74) is 2.37. The summed E-state index contributed by atoms with van der Waals surface area (Å²) in [6, 6.07) is 4.87. The minimum absolute atomic E-state index is 0.0196. The molecule has 0 saturated heterocycles. The van der Waals surface area contributed by atoms with Gasteiger partial charge < -0.3 is 0 Å². The van der Waals surface area contributed by atoms with Crippen LogP contribution < -0.4 is 11.3 Å². The molecule has 1 atom stereocenters. The number of nitrogens with two attached hydrogens (primary N) is 1. The first-order chi connectivity index (χ1) is 8.15. The zero-order chi connectivity index (χ0) is 12.4. The van der Waals surface area contributed by atoms with Crippen molar-refractivity contribution in [2.45, 2.75) is 6.04 Å². The minimum atomic E-state index is -1.49. The van der Waals surface area contributed by atoms with Gasteiger partial charge in [-0.15, -0.1) is 11.3 Å².